The molecule has 6 nitrogen and oxygen atoms in total. The number of likely N-dealkylation sites (N-methyl/N-ethyl adjacent to an activating group) is 1. The zero-order valence-corrected chi connectivity index (χ0v) is 18.6. The van der Waals surface area contributed by atoms with Crippen LogP contribution in [0.15, 0.2) is 23.2 Å². The number of aromatic nitrogens is 1. The van der Waals surface area contributed by atoms with E-state index in [1.54, 1.807) is 18.4 Å². The summed E-state index contributed by atoms with van der Waals surface area (Å²) in [6.45, 7) is 9.58. The van der Waals surface area contributed by atoms with Crippen LogP contribution in [-0.2, 0) is 13.1 Å². The van der Waals surface area contributed by atoms with Crippen LogP contribution in [0.2, 0.25) is 5.02 Å². The molecular weight excluding hydrogens is 392 g/mol. The standard InChI is InChI=1S/C20H29ClN6S/c1-14-19(28-15(2)25-14)13-24-20(22-3)23-12-16-17(21)6-5-7-18(16)27-10-8-26(4)9-11-27/h5-7H,8-13H2,1-4H3,(H2,22,23,24). The number of piperazine rings is 1. The minimum atomic E-state index is 0.627. The van der Waals surface area contributed by atoms with Gasteiger partial charge in [-0.1, -0.05) is 17.7 Å². The Labute approximate surface area is 176 Å². The largest absolute Gasteiger partial charge is 0.369 e. The highest BCUT2D eigenvalue weighted by Crippen LogP contribution is 2.28. The molecule has 1 aliphatic heterocycles. The number of thiazole rings is 1. The number of hydrogen-bond donors (Lipinski definition) is 2. The third-order valence-corrected chi connectivity index (χ3v) is 6.44. The first-order valence-electron chi connectivity index (χ1n) is 9.56. The Hall–Kier alpha value is -1.83. The molecule has 2 N–H and O–H groups in total. The molecule has 0 atom stereocenters. The van der Waals surface area contributed by atoms with E-state index in [1.165, 1.54) is 10.6 Å². The molecule has 1 fully saturated rings. The Bertz CT molecular complexity index is 826. The summed E-state index contributed by atoms with van der Waals surface area (Å²) in [5.74, 6) is 0.759. The normalized spacial score (nSPS) is 15.8. The van der Waals surface area contributed by atoms with E-state index in [4.69, 9.17) is 11.6 Å². The molecule has 152 valence electrons. The highest BCUT2D eigenvalue weighted by atomic mass is 35.5. The smallest absolute Gasteiger partial charge is 0.191 e. The zero-order chi connectivity index (χ0) is 20.1. The summed E-state index contributed by atoms with van der Waals surface area (Å²) in [4.78, 5) is 14.8. The monoisotopic (exact) mass is 420 g/mol. The molecule has 1 aromatic heterocycles. The van der Waals surface area contributed by atoms with Gasteiger partial charge in [-0.05, 0) is 33.0 Å². The Morgan fingerprint density at radius 2 is 1.89 bits per heavy atom. The van der Waals surface area contributed by atoms with Crippen LogP contribution in [0.25, 0.3) is 0 Å². The summed E-state index contributed by atoms with van der Waals surface area (Å²) in [5, 5.41) is 8.67. The molecule has 2 heterocycles. The van der Waals surface area contributed by atoms with E-state index >= 15 is 0 Å². The van der Waals surface area contributed by atoms with Crippen molar-refractivity contribution in [3.63, 3.8) is 0 Å². The van der Waals surface area contributed by atoms with Gasteiger partial charge in [-0.15, -0.1) is 11.3 Å². The number of benzene rings is 1. The van der Waals surface area contributed by atoms with Gasteiger partial charge in [0.25, 0.3) is 0 Å². The van der Waals surface area contributed by atoms with Crippen molar-refractivity contribution in [1.29, 1.82) is 0 Å². The summed E-state index contributed by atoms with van der Waals surface area (Å²) < 4.78 is 0. The SMILES string of the molecule is CN=C(NCc1sc(C)nc1C)NCc1c(Cl)cccc1N1CCN(C)CC1. The van der Waals surface area contributed by atoms with Crippen molar-refractivity contribution in [1.82, 2.24) is 20.5 Å². The number of hydrogen-bond acceptors (Lipinski definition) is 5. The van der Waals surface area contributed by atoms with E-state index in [1.807, 2.05) is 26.0 Å². The minimum Gasteiger partial charge on any atom is -0.369 e. The van der Waals surface area contributed by atoms with Gasteiger partial charge in [0.1, 0.15) is 0 Å². The predicted molar refractivity (Wildman–Crippen MR) is 120 cm³/mol. The molecule has 0 radical (unpaired) electrons. The second kappa shape index (κ2) is 9.58. The van der Waals surface area contributed by atoms with Gasteiger partial charge in [0.2, 0.25) is 0 Å². The van der Waals surface area contributed by atoms with E-state index < -0.39 is 0 Å². The molecule has 2 aromatic rings. The van der Waals surface area contributed by atoms with Crippen LogP contribution in [0.4, 0.5) is 5.69 Å². The Balaban J connectivity index is 1.65. The lowest BCUT2D eigenvalue weighted by atomic mass is 10.1. The fourth-order valence-electron chi connectivity index (χ4n) is 3.36. The number of nitrogens with one attached hydrogen (secondary N) is 2. The maximum Gasteiger partial charge on any atom is 0.191 e. The van der Waals surface area contributed by atoms with Crippen LogP contribution in [0.1, 0.15) is 21.1 Å². The van der Waals surface area contributed by atoms with Crippen LogP contribution >= 0.6 is 22.9 Å². The predicted octanol–water partition coefficient (Wildman–Crippen LogP) is 3.03. The molecular formula is C20H29ClN6S. The van der Waals surface area contributed by atoms with Crippen molar-refractivity contribution in [2.24, 2.45) is 4.99 Å². The first-order chi connectivity index (χ1) is 13.5. The van der Waals surface area contributed by atoms with Crippen molar-refractivity contribution in [3.8, 4) is 0 Å². The molecule has 1 aromatic carbocycles. The first kappa shape index (κ1) is 20.9. The second-order valence-corrected chi connectivity index (χ2v) is 8.74. The number of rotatable bonds is 5. The second-order valence-electron chi connectivity index (χ2n) is 7.05. The van der Waals surface area contributed by atoms with Gasteiger partial charge in [-0.25, -0.2) is 4.98 Å². The van der Waals surface area contributed by atoms with E-state index in [2.05, 4.69) is 43.5 Å². The third kappa shape index (κ3) is 5.16. The van der Waals surface area contributed by atoms with Crippen LogP contribution < -0.4 is 15.5 Å². The van der Waals surface area contributed by atoms with E-state index in [0.717, 1.165) is 53.4 Å². The first-order valence-corrected chi connectivity index (χ1v) is 10.8. The highest BCUT2D eigenvalue weighted by molar-refractivity contribution is 7.11. The molecule has 0 saturated carbocycles. The zero-order valence-electron chi connectivity index (χ0n) is 17.0. The van der Waals surface area contributed by atoms with Crippen LogP contribution in [0.5, 0.6) is 0 Å². The molecule has 0 bridgehead atoms. The van der Waals surface area contributed by atoms with E-state index in [9.17, 15) is 0 Å². The van der Waals surface area contributed by atoms with Gasteiger partial charge >= 0.3 is 0 Å². The average Bonchev–Trinajstić information content (AvgIpc) is 3.00. The quantitative estimate of drug-likeness (QED) is 0.575. The summed E-state index contributed by atoms with van der Waals surface area (Å²) in [7, 11) is 3.95. The molecule has 0 spiro atoms. The highest BCUT2D eigenvalue weighted by Gasteiger charge is 2.18. The molecule has 1 saturated heterocycles. The minimum absolute atomic E-state index is 0.627. The number of aryl methyl sites for hydroxylation is 2. The van der Waals surface area contributed by atoms with E-state index in [0.29, 0.717) is 13.1 Å². The summed E-state index contributed by atoms with van der Waals surface area (Å²) >= 11 is 8.27. The van der Waals surface area contributed by atoms with Crippen LogP contribution in [0.3, 0.4) is 0 Å². The molecule has 0 unspecified atom stereocenters. The van der Waals surface area contributed by atoms with Gasteiger partial charge in [0.05, 0.1) is 17.2 Å². The third-order valence-electron chi connectivity index (χ3n) is 5.01. The number of nitrogens with zero attached hydrogens (tertiary/aromatic N) is 4. The topological polar surface area (TPSA) is 55.8 Å². The Morgan fingerprint density at radius 3 is 2.54 bits per heavy atom. The molecule has 28 heavy (non-hydrogen) atoms. The average molecular weight is 421 g/mol. The van der Waals surface area contributed by atoms with Gasteiger partial charge in [-0.3, -0.25) is 4.99 Å². The van der Waals surface area contributed by atoms with E-state index in [-0.39, 0.29) is 0 Å². The van der Waals surface area contributed by atoms with Crippen molar-refractivity contribution in [3.05, 3.63) is 44.4 Å². The maximum atomic E-state index is 6.56. The summed E-state index contributed by atoms with van der Waals surface area (Å²) in [6, 6.07) is 6.15. The molecule has 3 rings (SSSR count). The lowest BCUT2D eigenvalue weighted by molar-refractivity contribution is 0.312. The fourth-order valence-corrected chi connectivity index (χ4v) is 4.47. The Morgan fingerprint density at radius 1 is 1.18 bits per heavy atom. The lowest BCUT2D eigenvalue weighted by Crippen LogP contribution is -2.45. The van der Waals surface area contributed by atoms with Gasteiger partial charge in [-0.2, -0.15) is 0 Å². The maximum absolute atomic E-state index is 6.56. The number of aliphatic imine (C=N–C) groups is 1. The van der Waals surface area contributed by atoms with Crippen molar-refractivity contribution in [2.45, 2.75) is 26.9 Å². The van der Waals surface area contributed by atoms with Crippen molar-refractivity contribution < 1.29 is 0 Å². The fraction of sp³-hybridized carbons (Fsp3) is 0.500. The van der Waals surface area contributed by atoms with Gasteiger partial charge in [0.15, 0.2) is 5.96 Å². The summed E-state index contributed by atoms with van der Waals surface area (Å²) in [5.41, 5.74) is 3.40. The molecule has 0 aliphatic carbocycles. The molecule has 8 heteroatoms. The van der Waals surface area contributed by atoms with Crippen LogP contribution in [0, 0.1) is 13.8 Å². The number of guanidine groups is 1. The van der Waals surface area contributed by atoms with Gasteiger partial charge < -0.3 is 20.4 Å². The molecule has 0 amide bonds. The van der Waals surface area contributed by atoms with Crippen molar-refractivity contribution >= 4 is 34.6 Å². The molecule has 1 aliphatic rings. The summed E-state index contributed by atoms with van der Waals surface area (Å²) in [6.07, 6.45) is 0. The van der Waals surface area contributed by atoms with Gasteiger partial charge in [0, 0.05) is 60.9 Å². The number of anilines is 1. The van der Waals surface area contributed by atoms with Crippen molar-refractivity contribution in [2.75, 3.05) is 45.2 Å². The Kier molecular flexibility index (Phi) is 7.15. The lowest BCUT2D eigenvalue weighted by Gasteiger charge is -2.35. The number of halogens is 1. The van der Waals surface area contributed by atoms with Crippen LogP contribution in [-0.4, -0.2) is 56.1 Å².